The molecule has 1 aliphatic rings. The third-order valence-electron chi connectivity index (χ3n) is 4.15. The van der Waals surface area contributed by atoms with Crippen molar-refractivity contribution in [3.8, 4) is 22.6 Å². The first-order valence-corrected chi connectivity index (χ1v) is 8.86. The van der Waals surface area contributed by atoms with Crippen molar-refractivity contribution >= 4 is 23.2 Å². The summed E-state index contributed by atoms with van der Waals surface area (Å²) in [4.78, 5) is 15.7. The minimum absolute atomic E-state index is 0.102. The minimum Gasteiger partial charge on any atom is -0.436 e. The first-order chi connectivity index (χ1) is 14.4. The molecule has 1 N–H and O–H groups in total. The van der Waals surface area contributed by atoms with Gasteiger partial charge < -0.3 is 19.2 Å². The Bertz CT molecular complexity index is 1180. The van der Waals surface area contributed by atoms with Crippen molar-refractivity contribution in [3.05, 3.63) is 58.8 Å². The number of hydrogen-bond donors (Lipinski definition) is 1. The Hall–Kier alpha value is -3.34. The summed E-state index contributed by atoms with van der Waals surface area (Å²) < 4.78 is 78.6. The van der Waals surface area contributed by atoms with Gasteiger partial charge in [-0.1, -0.05) is 23.7 Å². The number of ether oxygens (including phenoxy) is 2. The van der Waals surface area contributed by atoms with E-state index in [1.807, 2.05) is 0 Å². The van der Waals surface area contributed by atoms with Crippen LogP contribution in [-0.4, -0.2) is 17.2 Å². The molecule has 2 aromatic carbocycles. The van der Waals surface area contributed by atoms with Gasteiger partial charge in [-0.25, -0.2) is 4.98 Å². The predicted molar refractivity (Wildman–Crippen MR) is 97.3 cm³/mol. The molecule has 0 aliphatic carbocycles. The quantitative estimate of drug-likeness (QED) is 0.493. The molecule has 1 aromatic heterocycles. The van der Waals surface area contributed by atoms with Crippen LogP contribution in [0.2, 0.25) is 5.02 Å². The van der Waals surface area contributed by atoms with Gasteiger partial charge in [0.1, 0.15) is 0 Å². The van der Waals surface area contributed by atoms with Crippen molar-refractivity contribution in [2.24, 2.45) is 0 Å². The van der Waals surface area contributed by atoms with E-state index in [2.05, 4.69) is 24.2 Å². The second kappa shape index (κ2) is 7.12. The van der Waals surface area contributed by atoms with E-state index in [1.165, 1.54) is 43.3 Å². The lowest BCUT2D eigenvalue weighted by Gasteiger charge is -2.09. The average Bonchev–Trinajstić information content (AvgIpc) is 3.20. The highest BCUT2D eigenvalue weighted by Gasteiger charge is 2.44. The van der Waals surface area contributed by atoms with Gasteiger partial charge in [0.2, 0.25) is 5.76 Å². The molecule has 4 rings (SSSR count). The van der Waals surface area contributed by atoms with Crippen molar-refractivity contribution < 1.29 is 40.6 Å². The van der Waals surface area contributed by atoms with E-state index < -0.39 is 29.8 Å². The van der Waals surface area contributed by atoms with Crippen LogP contribution in [0.25, 0.3) is 11.1 Å². The average molecular weight is 461 g/mol. The Morgan fingerprint density at radius 1 is 1.10 bits per heavy atom. The standard InChI is InChI=1S/C19H10ClF5N2O4/c1-8-26-15(16(29-8)18(21,22)23)17(28)27-10-4-2-9(3-5-10)11-6-13-14(7-12(11)20)31-19(24,25)30-13/h2-7H,1H3,(H,27,28). The molecular formula is C19H10ClF5N2O4. The second-order valence-electron chi connectivity index (χ2n) is 6.39. The molecule has 2 heterocycles. The zero-order valence-electron chi connectivity index (χ0n) is 15.3. The Kier molecular flexibility index (Phi) is 4.80. The molecule has 6 nitrogen and oxygen atoms in total. The van der Waals surface area contributed by atoms with E-state index in [1.54, 1.807) is 0 Å². The van der Waals surface area contributed by atoms with E-state index in [4.69, 9.17) is 11.6 Å². The topological polar surface area (TPSA) is 73.6 Å². The van der Waals surface area contributed by atoms with Gasteiger partial charge >= 0.3 is 12.5 Å². The molecule has 31 heavy (non-hydrogen) atoms. The number of benzene rings is 2. The van der Waals surface area contributed by atoms with Crippen LogP contribution in [0, 0.1) is 6.92 Å². The van der Waals surface area contributed by atoms with Gasteiger partial charge in [0.15, 0.2) is 23.1 Å². The van der Waals surface area contributed by atoms with Crippen LogP contribution < -0.4 is 14.8 Å². The van der Waals surface area contributed by atoms with Crippen molar-refractivity contribution in [2.45, 2.75) is 19.4 Å². The monoisotopic (exact) mass is 460 g/mol. The summed E-state index contributed by atoms with van der Waals surface area (Å²) in [7, 11) is 0. The van der Waals surface area contributed by atoms with Gasteiger partial charge in [0, 0.05) is 24.2 Å². The van der Waals surface area contributed by atoms with Crippen LogP contribution in [0.3, 0.4) is 0 Å². The van der Waals surface area contributed by atoms with Gasteiger partial charge in [-0.2, -0.15) is 13.2 Å². The number of oxazole rings is 1. The zero-order chi connectivity index (χ0) is 22.6. The maximum absolute atomic E-state index is 13.2. The number of fused-ring (bicyclic) bond motifs is 1. The molecule has 0 spiro atoms. The van der Waals surface area contributed by atoms with Gasteiger partial charge in [-0.3, -0.25) is 4.79 Å². The molecule has 0 atom stereocenters. The second-order valence-corrected chi connectivity index (χ2v) is 6.79. The van der Waals surface area contributed by atoms with E-state index in [0.717, 1.165) is 0 Å². The molecule has 12 heteroatoms. The number of anilines is 1. The van der Waals surface area contributed by atoms with E-state index in [0.29, 0.717) is 11.1 Å². The van der Waals surface area contributed by atoms with Gasteiger partial charge in [0.05, 0.1) is 5.02 Å². The summed E-state index contributed by atoms with van der Waals surface area (Å²) in [5.74, 6) is -3.34. The summed E-state index contributed by atoms with van der Waals surface area (Å²) in [5.41, 5.74) is 0.0729. The summed E-state index contributed by atoms with van der Waals surface area (Å²) in [5, 5.41) is 2.39. The lowest BCUT2D eigenvalue weighted by molar-refractivity contribution is -0.286. The summed E-state index contributed by atoms with van der Waals surface area (Å²) >= 11 is 6.13. The fourth-order valence-electron chi connectivity index (χ4n) is 2.89. The number of aryl methyl sites for hydroxylation is 1. The highest BCUT2D eigenvalue weighted by Crippen LogP contribution is 2.46. The largest absolute Gasteiger partial charge is 0.586 e. The SMILES string of the molecule is Cc1nc(C(=O)Nc2ccc(-c3cc4c(cc3Cl)OC(F)(F)O4)cc2)c(C(F)(F)F)o1. The third kappa shape index (κ3) is 4.13. The van der Waals surface area contributed by atoms with Gasteiger partial charge in [-0.15, -0.1) is 8.78 Å². The number of aromatic nitrogens is 1. The summed E-state index contributed by atoms with van der Waals surface area (Å²) in [6.07, 6.45) is -8.68. The molecule has 0 fully saturated rings. The molecule has 3 aromatic rings. The minimum atomic E-state index is -4.88. The maximum atomic E-state index is 13.2. The molecule has 162 valence electrons. The van der Waals surface area contributed by atoms with Crippen LogP contribution in [0.1, 0.15) is 22.1 Å². The van der Waals surface area contributed by atoms with Crippen molar-refractivity contribution in [3.63, 3.8) is 0 Å². The van der Waals surface area contributed by atoms with Crippen LogP contribution in [-0.2, 0) is 6.18 Å². The van der Waals surface area contributed by atoms with Gasteiger partial charge in [-0.05, 0) is 23.8 Å². The number of carbonyl (C=O) groups is 1. The van der Waals surface area contributed by atoms with Gasteiger partial charge in [0.25, 0.3) is 5.91 Å². The number of nitrogens with one attached hydrogen (secondary N) is 1. The Morgan fingerprint density at radius 2 is 1.71 bits per heavy atom. The molecule has 0 bridgehead atoms. The zero-order valence-corrected chi connectivity index (χ0v) is 16.1. The van der Waals surface area contributed by atoms with Crippen LogP contribution in [0.4, 0.5) is 27.6 Å². The number of nitrogens with zero attached hydrogens (tertiary/aromatic N) is 1. The molecule has 0 saturated heterocycles. The highest BCUT2D eigenvalue weighted by atomic mass is 35.5. The number of carbonyl (C=O) groups excluding carboxylic acids is 1. The molecule has 1 aliphatic heterocycles. The van der Waals surface area contributed by atoms with Crippen LogP contribution in [0.15, 0.2) is 40.8 Å². The fraction of sp³-hybridized carbons (Fsp3) is 0.158. The number of rotatable bonds is 3. The van der Waals surface area contributed by atoms with Crippen molar-refractivity contribution in [2.75, 3.05) is 5.32 Å². The Morgan fingerprint density at radius 3 is 2.32 bits per heavy atom. The molecule has 0 radical (unpaired) electrons. The molecule has 1 amide bonds. The molecule has 0 saturated carbocycles. The number of halogens is 6. The van der Waals surface area contributed by atoms with E-state index in [9.17, 15) is 26.7 Å². The van der Waals surface area contributed by atoms with Crippen molar-refractivity contribution in [1.29, 1.82) is 0 Å². The summed E-state index contributed by atoms with van der Waals surface area (Å²) in [6, 6.07) is 8.19. The van der Waals surface area contributed by atoms with Crippen molar-refractivity contribution in [1.82, 2.24) is 4.98 Å². The Labute approximate surface area is 175 Å². The number of alkyl halides is 5. The van der Waals surface area contributed by atoms with Crippen LogP contribution in [0.5, 0.6) is 11.5 Å². The first kappa shape index (κ1) is 20.9. The lowest BCUT2D eigenvalue weighted by atomic mass is 10.0. The fourth-order valence-corrected chi connectivity index (χ4v) is 3.15. The maximum Gasteiger partial charge on any atom is 0.586 e. The van der Waals surface area contributed by atoms with Crippen LogP contribution >= 0.6 is 11.6 Å². The highest BCUT2D eigenvalue weighted by molar-refractivity contribution is 6.33. The number of amides is 1. The Balaban J connectivity index is 1.56. The number of hydrogen-bond acceptors (Lipinski definition) is 5. The molecule has 0 unspecified atom stereocenters. The predicted octanol–water partition coefficient (Wildman–Crippen LogP) is 5.90. The first-order valence-electron chi connectivity index (χ1n) is 8.49. The lowest BCUT2D eigenvalue weighted by Crippen LogP contribution is -2.25. The summed E-state index contributed by atoms with van der Waals surface area (Å²) in [6.45, 7) is 1.19. The smallest absolute Gasteiger partial charge is 0.436 e. The molecular weight excluding hydrogens is 451 g/mol. The normalized spacial score (nSPS) is 14.5. The van der Waals surface area contributed by atoms with E-state index >= 15 is 0 Å². The third-order valence-corrected chi connectivity index (χ3v) is 4.46. The van der Waals surface area contributed by atoms with E-state index in [-0.39, 0.29) is 28.1 Å².